The summed E-state index contributed by atoms with van der Waals surface area (Å²) in [5.41, 5.74) is -0.377. The van der Waals surface area contributed by atoms with Crippen molar-refractivity contribution >= 4 is 40.0 Å². The molecule has 0 aromatic heterocycles. The molecule has 1 atom stereocenters. The van der Waals surface area contributed by atoms with E-state index in [9.17, 15) is 30.9 Å². The van der Waals surface area contributed by atoms with Gasteiger partial charge in [0.15, 0.2) is 11.6 Å². The van der Waals surface area contributed by atoms with E-state index >= 15 is 0 Å². The monoisotopic (exact) mass is 518 g/mol. The summed E-state index contributed by atoms with van der Waals surface area (Å²) < 4.78 is 88.2. The Kier molecular flexibility index (Phi) is 6.67. The van der Waals surface area contributed by atoms with Gasteiger partial charge in [-0.3, -0.25) is 9.08 Å². The molecule has 0 radical (unpaired) electrons. The Morgan fingerprint density at radius 2 is 1.68 bits per heavy atom. The smallest absolute Gasteiger partial charge is 0.414 e. The Hall–Kier alpha value is -2.56. The first-order valence-electron chi connectivity index (χ1n) is 10.4. The summed E-state index contributed by atoms with van der Waals surface area (Å²) in [6.45, 7) is -0.278. The predicted octanol–water partition coefficient (Wildman–Crippen LogP) is 2.91. The van der Waals surface area contributed by atoms with Crippen molar-refractivity contribution in [3.05, 3.63) is 53.8 Å². The number of rotatable bonds is 6. The molecule has 1 amide bonds. The summed E-state index contributed by atoms with van der Waals surface area (Å²) in [4.78, 5) is 14.6. The molecule has 2 aliphatic rings. The van der Waals surface area contributed by atoms with Crippen LogP contribution in [0.15, 0.2) is 36.4 Å². The third kappa shape index (κ3) is 5.24. The summed E-state index contributed by atoms with van der Waals surface area (Å²) in [5.74, 6) is -2.25. The molecule has 1 unspecified atom stereocenters. The molecule has 2 aromatic rings. The van der Waals surface area contributed by atoms with Gasteiger partial charge in [-0.25, -0.2) is 18.0 Å². The number of carbonyl (C=O) groups excluding carboxylic acids is 1. The van der Waals surface area contributed by atoms with E-state index in [1.807, 2.05) is 0 Å². The number of anilines is 2. The molecule has 13 heteroatoms. The molecule has 0 spiro atoms. The number of nitrogens with zero attached hydrogens (tertiary/aromatic N) is 2. The molecule has 2 saturated heterocycles. The van der Waals surface area contributed by atoms with E-state index in [1.165, 1.54) is 29.2 Å². The van der Waals surface area contributed by atoms with Gasteiger partial charge in [0.1, 0.15) is 31.4 Å². The quantitative estimate of drug-likeness (QED) is 0.429. The second-order valence-electron chi connectivity index (χ2n) is 8.16. The minimum Gasteiger partial charge on any atom is -0.441 e. The van der Waals surface area contributed by atoms with E-state index in [4.69, 9.17) is 4.74 Å². The Balaban J connectivity index is 1.47. The Morgan fingerprint density at radius 3 is 2.24 bits per heavy atom. The van der Waals surface area contributed by atoms with Gasteiger partial charge in [0.05, 0.1) is 18.5 Å². The van der Waals surface area contributed by atoms with Crippen molar-refractivity contribution in [3.63, 3.8) is 0 Å². The molecule has 184 valence electrons. The van der Waals surface area contributed by atoms with Crippen molar-refractivity contribution in [2.45, 2.75) is 6.10 Å². The second-order valence-corrected chi connectivity index (χ2v) is 13.0. The number of halogens is 3. The van der Waals surface area contributed by atoms with Crippen molar-refractivity contribution in [1.29, 1.82) is 0 Å². The largest absolute Gasteiger partial charge is 0.441 e. The Bertz CT molecular complexity index is 1220. The van der Waals surface area contributed by atoms with Crippen LogP contribution in [0.1, 0.15) is 0 Å². The van der Waals surface area contributed by atoms with Crippen LogP contribution in [0.2, 0.25) is 0 Å². The number of ether oxygens (including phenoxy) is 1. The summed E-state index contributed by atoms with van der Waals surface area (Å²) in [6, 6.07) is 7.42. The minimum atomic E-state index is -3.74. The molecule has 2 fully saturated rings. The van der Waals surface area contributed by atoms with Crippen LogP contribution in [0.25, 0.3) is 0 Å². The number of cyclic esters (lactones) is 1. The zero-order chi connectivity index (χ0) is 24.7. The van der Waals surface area contributed by atoms with Gasteiger partial charge in [-0.1, -0.05) is 0 Å². The molecule has 0 N–H and O–H groups in total. The predicted molar refractivity (Wildman–Crippen MR) is 120 cm³/mol. The molecule has 0 aliphatic carbocycles. The van der Waals surface area contributed by atoms with E-state index < -0.39 is 53.5 Å². The zero-order valence-electron chi connectivity index (χ0n) is 18.1. The third-order valence-corrected chi connectivity index (χ3v) is 9.38. The number of hydrogen-bond acceptors (Lipinski definition) is 7. The number of amides is 1. The molecule has 34 heavy (non-hydrogen) atoms. The molecule has 4 rings (SSSR count). The van der Waals surface area contributed by atoms with Crippen LogP contribution in [-0.2, 0) is 23.6 Å². The van der Waals surface area contributed by atoms with Gasteiger partial charge in [-0.05, 0) is 24.3 Å². The van der Waals surface area contributed by atoms with Gasteiger partial charge in [0.2, 0.25) is 0 Å². The topological polar surface area (TPSA) is 93.2 Å². The van der Waals surface area contributed by atoms with Gasteiger partial charge in [-0.2, -0.15) is 8.42 Å². The van der Waals surface area contributed by atoms with E-state index in [2.05, 4.69) is 4.18 Å². The maximum absolute atomic E-state index is 15.0. The fourth-order valence-corrected chi connectivity index (χ4v) is 6.97. The van der Waals surface area contributed by atoms with E-state index in [0.717, 1.165) is 23.3 Å². The lowest BCUT2D eigenvalue weighted by Gasteiger charge is -2.34. The van der Waals surface area contributed by atoms with Gasteiger partial charge in [0, 0.05) is 42.9 Å². The van der Waals surface area contributed by atoms with Crippen molar-refractivity contribution in [1.82, 2.24) is 0 Å². The van der Waals surface area contributed by atoms with Crippen LogP contribution >= 0.6 is 7.14 Å². The van der Waals surface area contributed by atoms with Crippen molar-refractivity contribution < 1.29 is 39.9 Å². The first-order valence-corrected chi connectivity index (χ1v) is 14.3. The number of hydrogen-bond donors (Lipinski definition) is 0. The molecule has 2 heterocycles. The average molecular weight is 518 g/mol. The lowest BCUT2D eigenvalue weighted by atomic mass is 10.2. The fourth-order valence-electron chi connectivity index (χ4n) is 4.01. The molecule has 0 bridgehead atoms. The maximum atomic E-state index is 15.0. The summed E-state index contributed by atoms with van der Waals surface area (Å²) in [5, 5.41) is 0.534. The van der Waals surface area contributed by atoms with Gasteiger partial charge < -0.3 is 14.2 Å². The van der Waals surface area contributed by atoms with Crippen LogP contribution in [0.5, 0.6) is 0 Å². The van der Waals surface area contributed by atoms with E-state index in [-0.39, 0.29) is 43.3 Å². The van der Waals surface area contributed by atoms with Crippen LogP contribution in [0.3, 0.4) is 0 Å². The Labute approximate surface area is 194 Å². The van der Waals surface area contributed by atoms with Crippen LogP contribution in [0.4, 0.5) is 29.3 Å². The first-order chi connectivity index (χ1) is 15.9. The highest BCUT2D eigenvalue weighted by molar-refractivity contribution is 7.86. The fraction of sp³-hybridized carbons (Fsp3) is 0.381. The summed E-state index contributed by atoms with van der Waals surface area (Å²) >= 11 is 0. The van der Waals surface area contributed by atoms with Crippen molar-refractivity contribution in [2.24, 2.45) is 0 Å². The second kappa shape index (κ2) is 9.24. The number of carbonyl (C=O) groups is 1. The lowest BCUT2D eigenvalue weighted by Crippen LogP contribution is -2.38. The van der Waals surface area contributed by atoms with E-state index in [1.54, 1.807) is 0 Å². The first kappa shape index (κ1) is 24.6. The summed E-state index contributed by atoms with van der Waals surface area (Å²) in [6.07, 6.45) is -0.591. The van der Waals surface area contributed by atoms with Gasteiger partial charge >= 0.3 is 6.09 Å². The van der Waals surface area contributed by atoms with Gasteiger partial charge in [-0.15, -0.1) is 0 Å². The van der Waals surface area contributed by atoms with Crippen LogP contribution in [-0.4, -0.2) is 65.4 Å². The van der Waals surface area contributed by atoms with Crippen molar-refractivity contribution in [2.75, 3.05) is 54.6 Å². The minimum absolute atomic E-state index is 0.0837. The average Bonchev–Trinajstić information content (AvgIpc) is 3.14. The Morgan fingerprint density at radius 1 is 1.09 bits per heavy atom. The number of benzene rings is 2. The molecular formula is C21H22F3N2O6PS. The van der Waals surface area contributed by atoms with Crippen LogP contribution in [0, 0.1) is 17.5 Å². The van der Waals surface area contributed by atoms with Crippen LogP contribution < -0.4 is 15.1 Å². The highest BCUT2D eigenvalue weighted by Gasteiger charge is 2.36. The molecular weight excluding hydrogens is 496 g/mol. The third-order valence-electron chi connectivity index (χ3n) is 5.73. The normalized spacial score (nSPS) is 20.5. The molecule has 0 saturated carbocycles. The molecule has 2 aromatic carbocycles. The lowest BCUT2D eigenvalue weighted by molar-refractivity contribution is 0.107. The van der Waals surface area contributed by atoms with Crippen molar-refractivity contribution in [3.8, 4) is 0 Å². The highest BCUT2D eigenvalue weighted by Crippen LogP contribution is 2.47. The molecule has 8 nitrogen and oxygen atoms in total. The highest BCUT2D eigenvalue weighted by atomic mass is 32.2. The molecule has 2 aliphatic heterocycles. The zero-order valence-corrected chi connectivity index (χ0v) is 19.8. The SMILES string of the molecule is CS(=O)(=O)OCC1CN(c2cc(F)c(N3CCP(=O)(c4ccc(F)cc4)CC3)c(F)c2)C(=O)O1. The van der Waals surface area contributed by atoms with E-state index in [0.29, 0.717) is 5.30 Å². The summed E-state index contributed by atoms with van der Waals surface area (Å²) in [7, 11) is -6.55. The van der Waals surface area contributed by atoms with Gasteiger partial charge in [0.25, 0.3) is 10.1 Å². The maximum Gasteiger partial charge on any atom is 0.414 e. The standard InChI is InChI=1S/C21H22F3N2O6PS/c1-34(29,30)31-13-16-12-26(21(27)32-16)15-10-18(23)20(19(24)11-15)25-6-8-33(28,9-7-25)17-4-2-14(22)3-5-17/h2-5,10-11,16H,6-9,12-13H2,1H3.